The summed E-state index contributed by atoms with van der Waals surface area (Å²) in [5.74, 6) is -1.12. The fourth-order valence-corrected chi connectivity index (χ4v) is 4.33. The van der Waals surface area contributed by atoms with E-state index in [1.54, 1.807) is 28.1 Å². The normalized spacial score (nSPS) is 13.0. The second-order valence-corrected chi connectivity index (χ2v) is 10.0. The van der Waals surface area contributed by atoms with Gasteiger partial charge in [-0.05, 0) is 35.7 Å². The molecule has 12 heteroatoms. The van der Waals surface area contributed by atoms with Crippen LogP contribution < -0.4 is 16.1 Å². The van der Waals surface area contributed by atoms with Crippen molar-refractivity contribution in [2.75, 3.05) is 32.7 Å². The van der Waals surface area contributed by atoms with Crippen molar-refractivity contribution in [3.05, 3.63) is 107 Å². The minimum atomic E-state index is -0.708. The number of hydrogen-bond acceptors (Lipinski definition) is 8. The Hall–Kier alpha value is -5.23. The summed E-state index contributed by atoms with van der Waals surface area (Å²) in [6.07, 6.45) is -0.107. The van der Waals surface area contributed by atoms with Crippen LogP contribution in [0.2, 0.25) is 0 Å². The van der Waals surface area contributed by atoms with E-state index in [9.17, 15) is 19.2 Å². The lowest BCUT2D eigenvalue weighted by Crippen LogP contribution is -2.57. The Bertz CT molecular complexity index is 1430. The number of alkyl carbamates (subject to hydrolysis) is 1. The van der Waals surface area contributed by atoms with Crippen molar-refractivity contribution >= 4 is 29.8 Å². The maximum Gasteiger partial charge on any atom is 0.414 e. The van der Waals surface area contributed by atoms with Crippen molar-refractivity contribution in [3.63, 3.8) is 0 Å². The number of esters is 1. The number of carbonyl (C=O) groups excluding carboxylic acids is 4. The summed E-state index contributed by atoms with van der Waals surface area (Å²) in [6.45, 7) is 2.25. The molecule has 1 fully saturated rings. The fraction of sp³-hybridized carbons (Fsp3) is 0.281. The van der Waals surface area contributed by atoms with Gasteiger partial charge in [0.1, 0.15) is 13.2 Å². The first-order valence-corrected chi connectivity index (χ1v) is 14.3. The minimum absolute atomic E-state index is 0.0724. The summed E-state index contributed by atoms with van der Waals surface area (Å²) in [5.41, 5.74) is 5.23. The van der Waals surface area contributed by atoms with Gasteiger partial charge in [0.2, 0.25) is 5.96 Å². The molecule has 0 bridgehead atoms. The number of hydrogen-bond donors (Lipinski definition) is 4. The number of ether oxygens (including phenoxy) is 2. The van der Waals surface area contributed by atoms with Gasteiger partial charge in [0, 0.05) is 50.3 Å². The molecule has 1 aliphatic rings. The van der Waals surface area contributed by atoms with Crippen LogP contribution in [0.25, 0.3) is 0 Å². The monoisotopic (exact) mass is 600 g/mol. The number of guanidine groups is 1. The molecule has 1 saturated heterocycles. The molecule has 3 aromatic carbocycles. The van der Waals surface area contributed by atoms with E-state index in [-0.39, 0.29) is 49.9 Å². The fourth-order valence-electron chi connectivity index (χ4n) is 4.33. The number of rotatable bonds is 11. The standard InChI is InChI=1S/C32H36N6O6/c33-31(35-32(42)44-23-25-11-5-2-6-12-25)37-17-19-38(20-18-37)36-30(41)27-14-7-13-26(21-27)29(40)34-16-8-15-28(39)43-22-24-9-3-1-4-10-24/h1-7,9-14,21H,8,15-20,22-23H2,(H,34,40)(H,36,41)(H2,33,35,42). The molecular weight excluding hydrogens is 564 g/mol. The summed E-state index contributed by atoms with van der Waals surface area (Å²) in [6, 6.07) is 25.0. The van der Waals surface area contributed by atoms with Crippen molar-refractivity contribution in [2.45, 2.75) is 26.1 Å². The van der Waals surface area contributed by atoms with Gasteiger partial charge in [-0.3, -0.25) is 30.5 Å². The lowest BCUT2D eigenvalue weighted by Gasteiger charge is -2.35. The second-order valence-electron chi connectivity index (χ2n) is 10.0. The third-order valence-electron chi connectivity index (χ3n) is 6.76. The predicted octanol–water partition coefficient (Wildman–Crippen LogP) is 3.06. The van der Waals surface area contributed by atoms with Crippen LogP contribution in [-0.2, 0) is 27.5 Å². The summed E-state index contributed by atoms with van der Waals surface area (Å²) in [4.78, 5) is 51.2. The highest BCUT2D eigenvalue weighted by molar-refractivity contribution is 5.99. The molecule has 3 amide bonds. The quantitative estimate of drug-likeness (QED) is 0.113. The number of benzene rings is 3. The summed E-state index contributed by atoms with van der Waals surface area (Å²) in [7, 11) is 0. The Morgan fingerprint density at radius 1 is 0.727 bits per heavy atom. The van der Waals surface area contributed by atoms with Crippen molar-refractivity contribution in [3.8, 4) is 0 Å². The van der Waals surface area contributed by atoms with E-state index in [0.717, 1.165) is 11.1 Å². The summed E-state index contributed by atoms with van der Waals surface area (Å²) in [5, 5.41) is 15.1. The molecule has 44 heavy (non-hydrogen) atoms. The maximum absolute atomic E-state index is 12.9. The van der Waals surface area contributed by atoms with Crippen molar-refractivity contribution in [1.29, 1.82) is 5.41 Å². The molecule has 0 aromatic heterocycles. The zero-order valence-corrected chi connectivity index (χ0v) is 24.3. The first-order valence-electron chi connectivity index (χ1n) is 14.3. The molecule has 0 saturated carbocycles. The Labute approximate surface area is 255 Å². The molecule has 1 heterocycles. The van der Waals surface area contributed by atoms with Crippen molar-refractivity contribution in [2.24, 2.45) is 0 Å². The number of nitrogens with zero attached hydrogens (tertiary/aromatic N) is 2. The Balaban J connectivity index is 1.13. The van der Waals surface area contributed by atoms with E-state index >= 15 is 0 Å². The molecule has 3 aromatic rings. The van der Waals surface area contributed by atoms with Gasteiger partial charge in [-0.25, -0.2) is 9.80 Å². The number of amides is 3. The van der Waals surface area contributed by atoms with E-state index in [2.05, 4.69) is 16.1 Å². The van der Waals surface area contributed by atoms with E-state index in [0.29, 0.717) is 43.7 Å². The molecule has 0 unspecified atom stereocenters. The van der Waals surface area contributed by atoms with Crippen molar-refractivity contribution < 1.29 is 28.7 Å². The van der Waals surface area contributed by atoms with Gasteiger partial charge in [-0.15, -0.1) is 0 Å². The molecule has 12 nitrogen and oxygen atoms in total. The first-order chi connectivity index (χ1) is 21.4. The van der Waals surface area contributed by atoms with Crippen LogP contribution in [0.1, 0.15) is 44.7 Å². The van der Waals surface area contributed by atoms with E-state index in [4.69, 9.17) is 14.9 Å². The average Bonchev–Trinajstić information content (AvgIpc) is 3.06. The van der Waals surface area contributed by atoms with Crippen LogP contribution in [-0.4, -0.2) is 72.5 Å². The van der Waals surface area contributed by atoms with Crippen LogP contribution >= 0.6 is 0 Å². The molecule has 0 radical (unpaired) electrons. The van der Waals surface area contributed by atoms with Gasteiger partial charge in [-0.2, -0.15) is 0 Å². The number of piperazine rings is 1. The molecule has 230 valence electrons. The Kier molecular flexibility index (Phi) is 11.8. The van der Waals surface area contributed by atoms with Crippen molar-refractivity contribution in [1.82, 2.24) is 26.0 Å². The lowest BCUT2D eigenvalue weighted by molar-refractivity contribution is -0.145. The van der Waals surface area contributed by atoms with Crippen LogP contribution in [0.3, 0.4) is 0 Å². The number of nitrogens with one attached hydrogen (secondary N) is 4. The van der Waals surface area contributed by atoms with Crippen LogP contribution in [0.4, 0.5) is 4.79 Å². The lowest BCUT2D eigenvalue weighted by atomic mass is 10.1. The van der Waals surface area contributed by atoms with Gasteiger partial charge in [0.05, 0.1) is 0 Å². The Morgan fingerprint density at radius 3 is 1.95 bits per heavy atom. The largest absolute Gasteiger partial charge is 0.461 e. The first kappa shape index (κ1) is 31.7. The summed E-state index contributed by atoms with van der Waals surface area (Å²) >= 11 is 0. The molecule has 1 aliphatic heterocycles. The highest BCUT2D eigenvalue weighted by Gasteiger charge is 2.22. The third kappa shape index (κ3) is 10.2. The minimum Gasteiger partial charge on any atom is -0.461 e. The molecular formula is C32H36N6O6. The molecule has 4 N–H and O–H groups in total. The topological polar surface area (TPSA) is 153 Å². The van der Waals surface area contributed by atoms with E-state index in [1.807, 2.05) is 60.7 Å². The van der Waals surface area contributed by atoms with Crippen LogP contribution in [0, 0.1) is 5.41 Å². The van der Waals surface area contributed by atoms with Gasteiger partial charge < -0.3 is 19.7 Å². The van der Waals surface area contributed by atoms with Gasteiger partial charge in [0.15, 0.2) is 0 Å². The van der Waals surface area contributed by atoms with Crippen LogP contribution in [0.15, 0.2) is 84.9 Å². The Morgan fingerprint density at radius 2 is 1.32 bits per heavy atom. The van der Waals surface area contributed by atoms with E-state index < -0.39 is 6.09 Å². The highest BCUT2D eigenvalue weighted by Crippen LogP contribution is 2.08. The van der Waals surface area contributed by atoms with Gasteiger partial charge in [0.25, 0.3) is 11.8 Å². The SMILES string of the molecule is N=C(NC(=O)OCc1ccccc1)N1CCN(NC(=O)c2cccc(C(=O)NCCCC(=O)OCc3ccccc3)c2)CC1. The predicted molar refractivity (Wildman–Crippen MR) is 162 cm³/mol. The molecule has 0 aliphatic carbocycles. The maximum atomic E-state index is 12.9. The molecule has 0 spiro atoms. The zero-order chi connectivity index (χ0) is 31.1. The zero-order valence-electron chi connectivity index (χ0n) is 24.3. The van der Waals surface area contributed by atoms with E-state index in [1.165, 1.54) is 6.07 Å². The second kappa shape index (κ2) is 16.4. The third-order valence-corrected chi connectivity index (χ3v) is 6.76. The average molecular weight is 601 g/mol. The molecule has 0 atom stereocenters. The highest BCUT2D eigenvalue weighted by atomic mass is 16.5. The van der Waals surface area contributed by atoms with Crippen LogP contribution in [0.5, 0.6) is 0 Å². The number of hydrazine groups is 1. The van der Waals surface area contributed by atoms with Gasteiger partial charge in [-0.1, -0.05) is 66.7 Å². The smallest absolute Gasteiger partial charge is 0.414 e. The molecule has 4 rings (SSSR count). The summed E-state index contributed by atoms with van der Waals surface area (Å²) < 4.78 is 10.4. The van der Waals surface area contributed by atoms with Gasteiger partial charge >= 0.3 is 12.1 Å². The number of carbonyl (C=O) groups is 4.